The summed E-state index contributed by atoms with van der Waals surface area (Å²) in [7, 11) is 0. The van der Waals surface area contributed by atoms with Gasteiger partial charge in [-0.15, -0.1) is 0 Å². The number of carbonyl (C=O) groups is 2. The van der Waals surface area contributed by atoms with Crippen LogP contribution in [0.25, 0.3) is 11.1 Å². The Kier molecular flexibility index (Phi) is 7.99. The minimum atomic E-state index is -4.59. The molecular formula is C28H26F4N2O4. The summed E-state index contributed by atoms with van der Waals surface area (Å²) < 4.78 is 58.6. The van der Waals surface area contributed by atoms with E-state index in [0.717, 1.165) is 5.69 Å². The van der Waals surface area contributed by atoms with Gasteiger partial charge in [-0.25, -0.2) is 4.39 Å². The molecule has 3 aromatic rings. The highest BCUT2D eigenvalue weighted by atomic mass is 19.4. The fourth-order valence-corrected chi connectivity index (χ4v) is 4.62. The fourth-order valence-electron chi connectivity index (χ4n) is 4.62. The number of fused-ring (bicyclic) bond motifs is 1. The molecule has 0 fully saturated rings. The predicted octanol–water partition coefficient (Wildman–Crippen LogP) is 5.53. The number of carboxylic acid groups (broad SMARTS) is 1. The molecule has 1 aliphatic rings. The minimum Gasteiger partial charge on any atom is -0.483 e. The molecule has 1 atom stereocenters. The standard InChI is InChI=1S/C28H26F4N2O4/c1-17(24-4-2-3-10-33-24)12-26(35)34-11-9-20-22(15-34)19(6-7-23(20)29)21-13-18(14-27(36)37)5-8-25(21)38-16-28(30,31)32/h2-8,10,13,17H,9,11-12,14-16H2,1H3,(H,36,37). The fraction of sp³-hybridized carbons (Fsp3) is 0.321. The maximum Gasteiger partial charge on any atom is 0.422 e. The van der Waals surface area contributed by atoms with Crippen molar-refractivity contribution in [2.24, 2.45) is 0 Å². The zero-order valence-electron chi connectivity index (χ0n) is 20.6. The van der Waals surface area contributed by atoms with Crippen LogP contribution in [0.1, 0.15) is 41.6 Å². The molecule has 0 bridgehead atoms. The van der Waals surface area contributed by atoms with Crippen LogP contribution in [0.3, 0.4) is 0 Å². The summed E-state index contributed by atoms with van der Waals surface area (Å²) in [5, 5.41) is 9.21. The van der Waals surface area contributed by atoms with Gasteiger partial charge in [-0.3, -0.25) is 14.6 Å². The van der Waals surface area contributed by atoms with Crippen molar-refractivity contribution >= 4 is 11.9 Å². The lowest BCUT2D eigenvalue weighted by Crippen LogP contribution is -2.37. The first-order chi connectivity index (χ1) is 18.0. The Morgan fingerprint density at radius 2 is 1.89 bits per heavy atom. The van der Waals surface area contributed by atoms with Crippen molar-refractivity contribution < 1.29 is 37.0 Å². The molecule has 0 radical (unpaired) electrons. The van der Waals surface area contributed by atoms with Crippen LogP contribution in [0.15, 0.2) is 54.7 Å². The van der Waals surface area contributed by atoms with E-state index in [4.69, 9.17) is 4.74 Å². The van der Waals surface area contributed by atoms with Crippen LogP contribution in [0.4, 0.5) is 17.6 Å². The van der Waals surface area contributed by atoms with Crippen LogP contribution in [-0.4, -0.2) is 46.2 Å². The monoisotopic (exact) mass is 530 g/mol. The first-order valence-corrected chi connectivity index (χ1v) is 12.1. The van der Waals surface area contributed by atoms with E-state index in [9.17, 15) is 32.3 Å². The maximum absolute atomic E-state index is 14.8. The average Bonchev–Trinajstić information content (AvgIpc) is 2.87. The van der Waals surface area contributed by atoms with Crippen molar-refractivity contribution in [1.29, 1.82) is 0 Å². The third-order valence-electron chi connectivity index (χ3n) is 6.46. The number of halogens is 4. The summed E-state index contributed by atoms with van der Waals surface area (Å²) in [6.45, 7) is 0.689. The smallest absolute Gasteiger partial charge is 0.422 e. The zero-order chi connectivity index (χ0) is 27.4. The summed E-state index contributed by atoms with van der Waals surface area (Å²) in [6.07, 6.45) is -2.88. The second-order valence-corrected chi connectivity index (χ2v) is 9.28. The van der Waals surface area contributed by atoms with E-state index in [1.807, 2.05) is 19.1 Å². The molecule has 1 aromatic heterocycles. The number of hydrogen-bond acceptors (Lipinski definition) is 4. The van der Waals surface area contributed by atoms with Crippen LogP contribution >= 0.6 is 0 Å². The molecule has 1 unspecified atom stereocenters. The van der Waals surface area contributed by atoms with Crippen molar-refractivity contribution in [3.63, 3.8) is 0 Å². The Bertz CT molecular complexity index is 1330. The van der Waals surface area contributed by atoms with Crippen molar-refractivity contribution in [3.8, 4) is 16.9 Å². The van der Waals surface area contributed by atoms with Crippen molar-refractivity contribution in [3.05, 3.63) is 82.9 Å². The van der Waals surface area contributed by atoms with Gasteiger partial charge in [0.25, 0.3) is 0 Å². The van der Waals surface area contributed by atoms with E-state index in [0.29, 0.717) is 22.3 Å². The van der Waals surface area contributed by atoms with E-state index in [1.165, 1.54) is 30.3 Å². The number of pyridine rings is 1. The van der Waals surface area contributed by atoms with E-state index in [1.54, 1.807) is 17.2 Å². The predicted molar refractivity (Wildman–Crippen MR) is 131 cm³/mol. The van der Waals surface area contributed by atoms with Gasteiger partial charge < -0.3 is 14.7 Å². The lowest BCUT2D eigenvalue weighted by molar-refractivity contribution is -0.153. The van der Waals surface area contributed by atoms with Gasteiger partial charge in [-0.05, 0) is 59.0 Å². The highest BCUT2D eigenvalue weighted by molar-refractivity contribution is 5.80. The topological polar surface area (TPSA) is 79.7 Å². The van der Waals surface area contributed by atoms with E-state index < -0.39 is 24.6 Å². The quantitative estimate of drug-likeness (QED) is 0.387. The molecule has 200 valence electrons. The molecule has 2 heterocycles. The molecular weight excluding hydrogens is 504 g/mol. The number of aliphatic carboxylic acids is 1. The van der Waals surface area contributed by atoms with E-state index in [2.05, 4.69) is 4.98 Å². The number of amides is 1. The largest absolute Gasteiger partial charge is 0.483 e. The van der Waals surface area contributed by atoms with Gasteiger partial charge in [0, 0.05) is 42.9 Å². The minimum absolute atomic E-state index is 0.0536. The van der Waals surface area contributed by atoms with Gasteiger partial charge in [0.1, 0.15) is 11.6 Å². The molecule has 0 saturated heterocycles. The van der Waals surface area contributed by atoms with Gasteiger partial charge >= 0.3 is 12.1 Å². The third kappa shape index (κ3) is 6.48. The summed E-state index contributed by atoms with van der Waals surface area (Å²) in [5.41, 5.74) is 2.54. The number of benzene rings is 2. The molecule has 38 heavy (non-hydrogen) atoms. The number of ether oxygens (including phenoxy) is 1. The maximum atomic E-state index is 14.8. The van der Waals surface area contributed by atoms with Crippen LogP contribution in [0, 0.1) is 5.82 Å². The first-order valence-electron chi connectivity index (χ1n) is 12.1. The zero-order valence-corrected chi connectivity index (χ0v) is 20.6. The average molecular weight is 531 g/mol. The van der Waals surface area contributed by atoms with Crippen molar-refractivity contribution in [1.82, 2.24) is 9.88 Å². The lowest BCUT2D eigenvalue weighted by atomic mass is 9.89. The second kappa shape index (κ2) is 11.2. The Morgan fingerprint density at radius 1 is 1.11 bits per heavy atom. The second-order valence-electron chi connectivity index (χ2n) is 9.28. The normalized spacial score (nSPS) is 14.1. The molecule has 0 aliphatic carbocycles. The number of carboxylic acids is 1. The van der Waals surface area contributed by atoms with E-state index in [-0.39, 0.29) is 55.5 Å². The molecule has 6 nitrogen and oxygen atoms in total. The van der Waals surface area contributed by atoms with Crippen molar-refractivity contribution in [2.45, 2.75) is 44.8 Å². The molecule has 1 amide bonds. The van der Waals surface area contributed by atoms with Crippen molar-refractivity contribution in [2.75, 3.05) is 13.2 Å². The summed E-state index contributed by atoms with van der Waals surface area (Å²) >= 11 is 0. The van der Waals surface area contributed by atoms with Gasteiger partial charge in [0.2, 0.25) is 5.91 Å². The molecule has 2 aromatic carbocycles. The number of carbonyl (C=O) groups excluding carboxylic acids is 1. The van der Waals surface area contributed by atoms with Gasteiger partial charge in [-0.2, -0.15) is 13.2 Å². The van der Waals surface area contributed by atoms with Gasteiger partial charge in [0.15, 0.2) is 6.61 Å². The molecule has 4 rings (SSSR count). The van der Waals surface area contributed by atoms with Crippen LogP contribution in [0.2, 0.25) is 0 Å². The first kappa shape index (κ1) is 27.1. The third-order valence-corrected chi connectivity index (χ3v) is 6.46. The molecule has 10 heteroatoms. The van der Waals surface area contributed by atoms with Gasteiger partial charge in [-0.1, -0.05) is 25.1 Å². The highest BCUT2D eigenvalue weighted by Gasteiger charge is 2.30. The lowest BCUT2D eigenvalue weighted by Gasteiger charge is -2.32. The van der Waals surface area contributed by atoms with Crippen LogP contribution in [-0.2, 0) is 29.0 Å². The summed E-state index contributed by atoms with van der Waals surface area (Å²) in [5.74, 6) is -2.00. The number of hydrogen-bond donors (Lipinski definition) is 1. The summed E-state index contributed by atoms with van der Waals surface area (Å²) in [4.78, 5) is 30.3. The van der Waals surface area contributed by atoms with E-state index >= 15 is 0 Å². The Morgan fingerprint density at radius 3 is 2.58 bits per heavy atom. The Labute approximate surface area is 216 Å². The number of aromatic nitrogens is 1. The summed E-state index contributed by atoms with van der Waals surface area (Å²) in [6, 6.07) is 12.2. The number of rotatable bonds is 8. The number of alkyl halides is 3. The Hall–Kier alpha value is -3.95. The van der Waals surface area contributed by atoms with Crippen LogP contribution < -0.4 is 4.74 Å². The van der Waals surface area contributed by atoms with Gasteiger partial charge in [0.05, 0.1) is 6.42 Å². The molecule has 1 aliphatic heterocycles. The Balaban J connectivity index is 1.68. The number of nitrogens with zero attached hydrogens (tertiary/aromatic N) is 2. The van der Waals surface area contributed by atoms with Crippen LogP contribution in [0.5, 0.6) is 5.75 Å². The molecule has 1 N–H and O–H groups in total. The molecule has 0 spiro atoms. The SMILES string of the molecule is CC(CC(=O)N1CCc2c(F)ccc(-c3cc(CC(=O)O)ccc3OCC(F)(F)F)c2C1)c1ccccn1. The highest BCUT2D eigenvalue weighted by Crippen LogP contribution is 2.38. The molecule has 0 saturated carbocycles.